The van der Waals surface area contributed by atoms with Crippen LogP contribution in [-0.2, 0) is 10.5 Å². The fourth-order valence-corrected chi connectivity index (χ4v) is 3.41. The van der Waals surface area contributed by atoms with E-state index in [9.17, 15) is 9.59 Å². The van der Waals surface area contributed by atoms with Crippen LogP contribution in [0.15, 0.2) is 89.8 Å². The molecule has 130 valence electrons. The fraction of sp³-hybridized carbons (Fsp3) is 0.0909. The fourth-order valence-electron chi connectivity index (χ4n) is 2.41. The molecule has 26 heavy (non-hydrogen) atoms. The summed E-state index contributed by atoms with van der Waals surface area (Å²) < 4.78 is 5.24. The largest absolute Gasteiger partial charge is 0.454 e. The Kier molecular flexibility index (Phi) is 6.23. The standard InChI is InChI=1S/C22H18O3S/c23-20(18-11-5-2-6-12-18)15-25-22(24)19-13-7-8-14-21(19)26-16-17-9-3-1-4-10-17/h1-14H,15-16H2. The molecular weight excluding hydrogens is 344 g/mol. The van der Waals surface area contributed by atoms with Gasteiger partial charge in [-0.2, -0.15) is 0 Å². The molecule has 3 rings (SSSR count). The van der Waals surface area contributed by atoms with Crippen LogP contribution in [-0.4, -0.2) is 18.4 Å². The number of benzene rings is 3. The number of ketones is 1. The molecule has 0 bridgehead atoms. The Morgan fingerprint density at radius 2 is 1.38 bits per heavy atom. The summed E-state index contributed by atoms with van der Waals surface area (Å²) >= 11 is 1.57. The zero-order chi connectivity index (χ0) is 18.2. The molecule has 4 heteroatoms. The van der Waals surface area contributed by atoms with Crippen LogP contribution in [0.1, 0.15) is 26.3 Å². The topological polar surface area (TPSA) is 43.4 Å². The number of hydrogen-bond acceptors (Lipinski definition) is 4. The van der Waals surface area contributed by atoms with Gasteiger partial charge in [0.1, 0.15) is 0 Å². The lowest BCUT2D eigenvalue weighted by Gasteiger charge is -2.09. The number of hydrogen-bond donors (Lipinski definition) is 0. The van der Waals surface area contributed by atoms with Crippen LogP contribution in [0.3, 0.4) is 0 Å². The van der Waals surface area contributed by atoms with E-state index in [4.69, 9.17) is 4.74 Å². The Labute approximate surface area is 157 Å². The summed E-state index contributed by atoms with van der Waals surface area (Å²) in [5.74, 6) is 0.0625. The minimum absolute atomic E-state index is 0.214. The third kappa shape index (κ3) is 4.83. The van der Waals surface area contributed by atoms with E-state index in [0.717, 1.165) is 10.6 Å². The Morgan fingerprint density at radius 1 is 0.769 bits per heavy atom. The highest BCUT2D eigenvalue weighted by molar-refractivity contribution is 7.98. The molecule has 0 saturated heterocycles. The van der Waals surface area contributed by atoms with Crippen molar-refractivity contribution in [2.24, 2.45) is 0 Å². The molecule has 0 aliphatic rings. The van der Waals surface area contributed by atoms with Crippen molar-refractivity contribution in [3.05, 3.63) is 102 Å². The highest BCUT2D eigenvalue weighted by Gasteiger charge is 2.15. The smallest absolute Gasteiger partial charge is 0.339 e. The number of esters is 1. The van der Waals surface area contributed by atoms with E-state index in [-0.39, 0.29) is 12.4 Å². The van der Waals surface area contributed by atoms with Gasteiger partial charge in [0, 0.05) is 16.2 Å². The number of carbonyl (C=O) groups excluding carboxylic acids is 2. The summed E-state index contributed by atoms with van der Waals surface area (Å²) in [4.78, 5) is 25.4. The van der Waals surface area contributed by atoms with Gasteiger partial charge in [0.15, 0.2) is 12.4 Å². The lowest BCUT2D eigenvalue weighted by molar-refractivity contribution is 0.0471. The van der Waals surface area contributed by atoms with Crippen molar-refractivity contribution in [3.8, 4) is 0 Å². The van der Waals surface area contributed by atoms with E-state index in [2.05, 4.69) is 0 Å². The summed E-state index contributed by atoms with van der Waals surface area (Å²) in [7, 11) is 0. The van der Waals surface area contributed by atoms with Crippen LogP contribution in [0.5, 0.6) is 0 Å². The molecule has 0 heterocycles. The van der Waals surface area contributed by atoms with Crippen molar-refractivity contribution in [1.29, 1.82) is 0 Å². The molecule has 0 radical (unpaired) electrons. The lowest BCUT2D eigenvalue weighted by atomic mass is 10.1. The van der Waals surface area contributed by atoms with E-state index in [1.807, 2.05) is 48.5 Å². The van der Waals surface area contributed by atoms with Crippen molar-refractivity contribution in [2.45, 2.75) is 10.6 Å². The number of carbonyl (C=O) groups is 2. The van der Waals surface area contributed by atoms with Gasteiger partial charge in [-0.05, 0) is 17.7 Å². The maximum Gasteiger partial charge on any atom is 0.339 e. The number of Topliss-reactive ketones (excluding diaryl/α,β-unsaturated/α-hetero) is 1. The average molecular weight is 362 g/mol. The Balaban J connectivity index is 1.63. The molecule has 0 aliphatic heterocycles. The lowest BCUT2D eigenvalue weighted by Crippen LogP contribution is -2.14. The molecule has 0 aromatic heterocycles. The highest BCUT2D eigenvalue weighted by Crippen LogP contribution is 2.26. The molecule has 3 nitrogen and oxygen atoms in total. The van der Waals surface area contributed by atoms with Crippen molar-refractivity contribution < 1.29 is 14.3 Å². The molecule has 3 aromatic carbocycles. The second-order valence-electron chi connectivity index (χ2n) is 5.64. The van der Waals surface area contributed by atoms with Gasteiger partial charge in [0.2, 0.25) is 0 Å². The molecule has 0 fully saturated rings. The van der Waals surface area contributed by atoms with Gasteiger partial charge in [0.05, 0.1) is 5.56 Å². The Morgan fingerprint density at radius 3 is 2.12 bits per heavy atom. The Hall–Kier alpha value is -2.85. The SMILES string of the molecule is O=C(COC(=O)c1ccccc1SCc1ccccc1)c1ccccc1. The zero-order valence-electron chi connectivity index (χ0n) is 14.1. The van der Waals surface area contributed by atoms with Crippen molar-refractivity contribution >= 4 is 23.5 Å². The number of thioether (sulfide) groups is 1. The molecule has 0 amide bonds. The van der Waals surface area contributed by atoms with Gasteiger partial charge in [0.25, 0.3) is 0 Å². The van der Waals surface area contributed by atoms with Crippen LogP contribution in [0.4, 0.5) is 0 Å². The molecular formula is C22H18O3S. The number of ether oxygens (including phenoxy) is 1. The van der Waals surface area contributed by atoms with Crippen LogP contribution in [0.25, 0.3) is 0 Å². The minimum atomic E-state index is -0.481. The molecule has 0 saturated carbocycles. The average Bonchev–Trinajstić information content (AvgIpc) is 2.72. The summed E-state index contributed by atoms with van der Waals surface area (Å²) in [6, 6.07) is 26.2. The van der Waals surface area contributed by atoms with Crippen LogP contribution in [0, 0.1) is 0 Å². The summed E-state index contributed by atoms with van der Waals surface area (Å²) in [5, 5.41) is 0. The molecule has 0 aliphatic carbocycles. The van der Waals surface area contributed by atoms with E-state index in [1.54, 1.807) is 48.2 Å². The first kappa shape index (κ1) is 18.0. The van der Waals surface area contributed by atoms with E-state index in [0.29, 0.717) is 11.1 Å². The quantitative estimate of drug-likeness (QED) is 0.336. The van der Waals surface area contributed by atoms with Gasteiger partial charge >= 0.3 is 5.97 Å². The molecule has 3 aromatic rings. The van der Waals surface area contributed by atoms with Gasteiger partial charge in [-0.1, -0.05) is 72.8 Å². The number of rotatable bonds is 7. The van der Waals surface area contributed by atoms with Gasteiger partial charge < -0.3 is 4.74 Å². The van der Waals surface area contributed by atoms with Gasteiger partial charge in [-0.25, -0.2) is 4.79 Å². The first-order chi connectivity index (χ1) is 12.7. The Bertz CT molecular complexity index is 876. The normalized spacial score (nSPS) is 10.3. The first-order valence-corrected chi connectivity index (χ1v) is 9.24. The van der Waals surface area contributed by atoms with E-state index < -0.39 is 5.97 Å². The second-order valence-corrected chi connectivity index (χ2v) is 6.65. The highest BCUT2D eigenvalue weighted by atomic mass is 32.2. The van der Waals surface area contributed by atoms with Crippen molar-refractivity contribution in [1.82, 2.24) is 0 Å². The van der Waals surface area contributed by atoms with E-state index >= 15 is 0 Å². The molecule has 0 atom stereocenters. The molecule has 0 unspecified atom stereocenters. The van der Waals surface area contributed by atoms with Crippen LogP contribution in [0.2, 0.25) is 0 Å². The van der Waals surface area contributed by atoms with Gasteiger partial charge in [-0.15, -0.1) is 11.8 Å². The maximum absolute atomic E-state index is 12.4. The summed E-state index contributed by atoms with van der Waals surface area (Å²) in [6.07, 6.45) is 0. The monoisotopic (exact) mass is 362 g/mol. The first-order valence-electron chi connectivity index (χ1n) is 8.25. The van der Waals surface area contributed by atoms with Crippen molar-refractivity contribution in [3.63, 3.8) is 0 Å². The maximum atomic E-state index is 12.4. The van der Waals surface area contributed by atoms with Crippen LogP contribution < -0.4 is 0 Å². The zero-order valence-corrected chi connectivity index (χ0v) is 14.9. The predicted octanol–water partition coefficient (Wildman–Crippen LogP) is 5.02. The third-order valence-corrected chi connectivity index (χ3v) is 4.92. The third-order valence-electron chi connectivity index (χ3n) is 3.77. The minimum Gasteiger partial charge on any atom is -0.454 e. The summed E-state index contributed by atoms with van der Waals surface area (Å²) in [6.45, 7) is -0.263. The van der Waals surface area contributed by atoms with E-state index in [1.165, 1.54) is 5.56 Å². The van der Waals surface area contributed by atoms with Crippen LogP contribution >= 0.6 is 11.8 Å². The predicted molar refractivity (Wildman–Crippen MR) is 104 cm³/mol. The second kappa shape index (κ2) is 9.02. The van der Waals surface area contributed by atoms with Crippen molar-refractivity contribution in [2.75, 3.05) is 6.61 Å². The van der Waals surface area contributed by atoms with Gasteiger partial charge in [-0.3, -0.25) is 4.79 Å². The summed E-state index contributed by atoms with van der Waals surface area (Å²) in [5.41, 5.74) is 2.20. The molecule has 0 spiro atoms. The molecule has 0 N–H and O–H groups in total.